The molecule has 4 heterocycles. The van der Waals surface area contributed by atoms with Gasteiger partial charge in [-0.3, -0.25) is 24.0 Å². The molecule has 2 aromatic heterocycles. The fourth-order valence-corrected chi connectivity index (χ4v) is 4.39. The SMILES string of the molecule is CC(C)(C)n1ncc2c1CCN(C(=O)c1ccc3c(c1)C(=O)N(Cc1ccco1)C3=O)C2. The van der Waals surface area contributed by atoms with Gasteiger partial charge in [0.1, 0.15) is 5.76 Å². The van der Waals surface area contributed by atoms with Crippen molar-refractivity contribution >= 4 is 17.7 Å². The van der Waals surface area contributed by atoms with Crippen molar-refractivity contribution in [2.24, 2.45) is 0 Å². The number of aromatic nitrogens is 2. The predicted octanol–water partition coefficient (Wildman–Crippen LogP) is 3.23. The number of amides is 3. The van der Waals surface area contributed by atoms with Gasteiger partial charge in [0, 0.05) is 36.3 Å². The van der Waals surface area contributed by atoms with Crippen LogP contribution in [0.2, 0.25) is 0 Å². The van der Waals surface area contributed by atoms with Crippen LogP contribution < -0.4 is 0 Å². The van der Waals surface area contributed by atoms with Crippen LogP contribution in [0, 0.1) is 0 Å². The summed E-state index contributed by atoms with van der Waals surface area (Å²) in [5, 5.41) is 4.52. The van der Waals surface area contributed by atoms with E-state index in [1.54, 1.807) is 29.2 Å². The summed E-state index contributed by atoms with van der Waals surface area (Å²) < 4.78 is 7.30. The van der Waals surface area contributed by atoms with Crippen LogP contribution in [0.1, 0.15) is 68.9 Å². The van der Waals surface area contributed by atoms with Gasteiger partial charge >= 0.3 is 0 Å². The van der Waals surface area contributed by atoms with Crippen molar-refractivity contribution < 1.29 is 18.8 Å². The van der Waals surface area contributed by atoms with Crippen LogP contribution >= 0.6 is 0 Å². The minimum atomic E-state index is -0.413. The van der Waals surface area contributed by atoms with Crippen LogP contribution in [0.5, 0.6) is 0 Å². The van der Waals surface area contributed by atoms with Gasteiger partial charge in [-0.25, -0.2) is 0 Å². The molecule has 0 bridgehead atoms. The molecular formula is C24H24N4O4. The summed E-state index contributed by atoms with van der Waals surface area (Å²) in [6, 6.07) is 8.15. The summed E-state index contributed by atoms with van der Waals surface area (Å²) in [4.78, 5) is 41.7. The molecule has 164 valence electrons. The topological polar surface area (TPSA) is 88.7 Å². The lowest BCUT2D eigenvalue weighted by Gasteiger charge is -2.30. The first-order chi connectivity index (χ1) is 15.2. The van der Waals surface area contributed by atoms with E-state index in [2.05, 4.69) is 25.9 Å². The van der Waals surface area contributed by atoms with Gasteiger partial charge in [-0.05, 0) is 51.1 Å². The zero-order valence-corrected chi connectivity index (χ0v) is 18.3. The molecule has 0 N–H and O–H groups in total. The van der Waals surface area contributed by atoms with Crippen molar-refractivity contribution in [2.75, 3.05) is 6.54 Å². The highest BCUT2D eigenvalue weighted by Gasteiger charge is 2.37. The molecule has 0 saturated carbocycles. The van der Waals surface area contributed by atoms with E-state index in [-0.39, 0.29) is 29.5 Å². The van der Waals surface area contributed by atoms with Gasteiger partial charge in [-0.2, -0.15) is 5.10 Å². The Morgan fingerprint density at radius 1 is 1.12 bits per heavy atom. The molecule has 3 aromatic rings. The fraction of sp³-hybridized carbons (Fsp3) is 0.333. The summed E-state index contributed by atoms with van der Waals surface area (Å²) in [6.45, 7) is 7.43. The largest absolute Gasteiger partial charge is 0.467 e. The van der Waals surface area contributed by atoms with Crippen molar-refractivity contribution in [3.05, 3.63) is 76.5 Å². The van der Waals surface area contributed by atoms with Gasteiger partial charge in [-0.1, -0.05) is 0 Å². The second-order valence-electron chi connectivity index (χ2n) is 9.21. The first kappa shape index (κ1) is 20.2. The predicted molar refractivity (Wildman–Crippen MR) is 115 cm³/mol. The Bertz CT molecular complexity index is 1230. The number of benzene rings is 1. The molecule has 0 spiro atoms. The number of rotatable bonds is 3. The number of furan rings is 1. The maximum Gasteiger partial charge on any atom is 0.261 e. The highest BCUT2D eigenvalue weighted by Crippen LogP contribution is 2.28. The third-order valence-corrected chi connectivity index (χ3v) is 5.97. The van der Waals surface area contributed by atoms with Crippen LogP contribution in [0.3, 0.4) is 0 Å². The Hall–Kier alpha value is -3.68. The average Bonchev–Trinajstić information content (AvgIpc) is 3.48. The summed E-state index contributed by atoms with van der Waals surface area (Å²) in [5.41, 5.74) is 3.04. The monoisotopic (exact) mass is 432 g/mol. The Kier molecular flexibility index (Phi) is 4.54. The Balaban J connectivity index is 1.37. The van der Waals surface area contributed by atoms with Gasteiger partial charge in [-0.15, -0.1) is 0 Å². The van der Waals surface area contributed by atoms with Crippen LogP contribution in [-0.4, -0.2) is 43.8 Å². The van der Waals surface area contributed by atoms with Crippen molar-refractivity contribution in [1.82, 2.24) is 19.6 Å². The van der Waals surface area contributed by atoms with Crippen LogP contribution in [0.25, 0.3) is 0 Å². The molecule has 0 aliphatic carbocycles. The number of carbonyl (C=O) groups excluding carboxylic acids is 3. The second-order valence-corrected chi connectivity index (χ2v) is 9.21. The second kappa shape index (κ2) is 7.19. The molecule has 0 radical (unpaired) electrons. The molecular weight excluding hydrogens is 408 g/mol. The summed E-state index contributed by atoms with van der Waals surface area (Å²) in [5.74, 6) is -0.427. The standard InChI is InChI=1S/C24H24N4O4/c1-24(2,3)28-20-8-9-26(13-16(20)12-25-28)21(29)15-6-7-18-19(11-15)23(31)27(22(18)30)14-17-5-4-10-32-17/h4-7,10-12H,8-9,13-14H2,1-3H3. The smallest absolute Gasteiger partial charge is 0.261 e. The Morgan fingerprint density at radius 2 is 1.91 bits per heavy atom. The van der Waals surface area contributed by atoms with E-state index in [0.29, 0.717) is 30.0 Å². The van der Waals surface area contributed by atoms with E-state index >= 15 is 0 Å². The maximum atomic E-state index is 13.2. The first-order valence-electron chi connectivity index (χ1n) is 10.6. The van der Waals surface area contributed by atoms with Gasteiger partial charge in [0.25, 0.3) is 17.7 Å². The van der Waals surface area contributed by atoms with E-state index in [1.165, 1.54) is 12.3 Å². The molecule has 0 atom stereocenters. The highest BCUT2D eigenvalue weighted by atomic mass is 16.3. The van der Waals surface area contributed by atoms with E-state index in [1.807, 2.05) is 10.9 Å². The van der Waals surface area contributed by atoms with Gasteiger partial charge < -0.3 is 9.32 Å². The zero-order valence-electron chi connectivity index (χ0n) is 18.3. The quantitative estimate of drug-likeness (QED) is 0.593. The molecule has 2 aliphatic rings. The molecule has 3 amide bonds. The molecule has 0 saturated heterocycles. The fourth-order valence-electron chi connectivity index (χ4n) is 4.39. The number of fused-ring (bicyclic) bond motifs is 2. The highest BCUT2D eigenvalue weighted by molar-refractivity contribution is 6.22. The minimum Gasteiger partial charge on any atom is -0.467 e. The zero-order chi connectivity index (χ0) is 22.6. The third-order valence-electron chi connectivity index (χ3n) is 5.97. The van der Waals surface area contributed by atoms with Crippen molar-refractivity contribution in [3.8, 4) is 0 Å². The molecule has 0 fully saturated rings. The van der Waals surface area contributed by atoms with E-state index in [0.717, 1.165) is 22.6 Å². The van der Waals surface area contributed by atoms with Crippen LogP contribution in [-0.2, 0) is 25.0 Å². The van der Waals surface area contributed by atoms with Crippen molar-refractivity contribution in [3.63, 3.8) is 0 Å². The van der Waals surface area contributed by atoms with Crippen molar-refractivity contribution in [1.29, 1.82) is 0 Å². The Labute approximate surface area is 185 Å². The van der Waals surface area contributed by atoms with Crippen LogP contribution in [0.4, 0.5) is 0 Å². The van der Waals surface area contributed by atoms with E-state index in [4.69, 9.17) is 4.42 Å². The average molecular weight is 432 g/mol. The first-order valence-corrected chi connectivity index (χ1v) is 10.6. The third kappa shape index (κ3) is 3.23. The number of nitrogens with zero attached hydrogens (tertiary/aromatic N) is 4. The molecule has 32 heavy (non-hydrogen) atoms. The number of hydrogen-bond acceptors (Lipinski definition) is 5. The number of hydrogen-bond donors (Lipinski definition) is 0. The van der Waals surface area contributed by atoms with Gasteiger partial charge in [0.15, 0.2) is 0 Å². The molecule has 8 heteroatoms. The van der Waals surface area contributed by atoms with E-state index < -0.39 is 5.91 Å². The number of carbonyl (C=O) groups is 3. The normalized spacial score (nSPS) is 15.8. The molecule has 2 aliphatic heterocycles. The lowest BCUT2D eigenvalue weighted by atomic mass is 10.0. The van der Waals surface area contributed by atoms with Crippen molar-refractivity contribution in [2.45, 2.75) is 45.8 Å². The van der Waals surface area contributed by atoms with Gasteiger partial charge in [0.05, 0.1) is 35.7 Å². The molecule has 0 unspecified atom stereocenters. The van der Waals surface area contributed by atoms with E-state index in [9.17, 15) is 14.4 Å². The molecule has 1 aromatic carbocycles. The summed E-state index contributed by atoms with van der Waals surface area (Å²) in [6.07, 6.45) is 4.05. The maximum absolute atomic E-state index is 13.2. The molecule has 8 nitrogen and oxygen atoms in total. The molecule has 5 rings (SSSR count). The van der Waals surface area contributed by atoms with Gasteiger partial charge in [0.2, 0.25) is 0 Å². The lowest BCUT2D eigenvalue weighted by Crippen LogP contribution is -2.37. The Morgan fingerprint density at radius 3 is 2.62 bits per heavy atom. The number of imide groups is 1. The summed E-state index contributed by atoms with van der Waals surface area (Å²) in [7, 11) is 0. The van der Waals surface area contributed by atoms with Crippen LogP contribution in [0.15, 0.2) is 47.2 Å². The lowest BCUT2D eigenvalue weighted by molar-refractivity contribution is 0.0631. The minimum absolute atomic E-state index is 0.0648. The summed E-state index contributed by atoms with van der Waals surface area (Å²) >= 11 is 0.